The highest BCUT2D eigenvalue weighted by Crippen LogP contribution is 2.07. The third-order valence-electron chi connectivity index (χ3n) is 2.62. The number of amides is 1. The molecule has 0 aliphatic rings. The molecule has 0 saturated carbocycles. The molecule has 19 heavy (non-hydrogen) atoms. The van der Waals surface area contributed by atoms with E-state index in [2.05, 4.69) is 10.3 Å². The molecule has 0 spiro atoms. The van der Waals surface area contributed by atoms with Gasteiger partial charge in [0.1, 0.15) is 6.54 Å². The van der Waals surface area contributed by atoms with Crippen LogP contribution < -0.4 is 0 Å². The molecule has 0 unspecified atom stereocenters. The highest BCUT2D eigenvalue weighted by Gasteiger charge is 2.20. The Morgan fingerprint density at radius 2 is 1.89 bits per heavy atom. The van der Waals surface area contributed by atoms with Gasteiger partial charge in [0.05, 0.1) is 12.1 Å². The van der Waals surface area contributed by atoms with Gasteiger partial charge in [-0.05, 0) is 27.7 Å². The number of carbonyl (C=O) groups is 2. The quantitative estimate of drug-likeness (QED) is 0.814. The first kappa shape index (κ1) is 15.1. The maximum absolute atomic E-state index is 12.1. The lowest BCUT2D eigenvalue weighted by atomic mass is 10.2. The van der Waals surface area contributed by atoms with Crippen molar-refractivity contribution in [1.82, 2.24) is 19.9 Å². The van der Waals surface area contributed by atoms with E-state index in [0.717, 1.165) is 0 Å². The zero-order chi connectivity index (χ0) is 14.6. The van der Waals surface area contributed by atoms with Crippen LogP contribution in [-0.4, -0.2) is 49.0 Å². The SMILES string of the molecule is CC(C)N(C(=O)Cn1cc(CC(=O)O)nn1)C(C)C. The number of aliphatic carboxylic acids is 1. The van der Waals surface area contributed by atoms with Crippen LogP contribution in [0.1, 0.15) is 33.4 Å². The zero-order valence-electron chi connectivity index (χ0n) is 11.7. The molecule has 7 heteroatoms. The summed E-state index contributed by atoms with van der Waals surface area (Å²) in [4.78, 5) is 24.4. The summed E-state index contributed by atoms with van der Waals surface area (Å²) in [5, 5.41) is 16.1. The van der Waals surface area contributed by atoms with Crippen LogP contribution in [0.2, 0.25) is 0 Å². The van der Waals surface area contributed by atoms with Crippen LogP contribution in [0.4, 0.5) is 0 Å². The van der Waals surface area contributed by atoms with Crippen LogP contribution in [0.15, 0.2) is 6.20 Å². The molecule has 1 aromatic rings. The topological polar surface area (TPSA) is 88.3 Å². The van der Waals surface area contributed by atoms with Gasteiger partial charge in [-0.25, -0.2) is 4.68 Å². The number of nitrogens with zero attached hydrogens (tertiary/aromatic N) is 4. The fourth-order valence-corrected chi connectivity index (χ4v) is 2.04. The molecule has 0 atom stereocenters. The van der Waals surface area contributed by atoms with Crippen molar-refractivity contribution in [2.75, 3.05) is 0 Å². The van der Waals surface area contributed by atoms with E-state index < -0.39 is 5.97 Å². The largest absolute Gasteiger partial charge is 0.481 e. The lowest BCUT2D eigenvalue weighted by Gasteiger charge is -2.30. The second kappa shape index (κ2) is 6.31. The third-order valence-corrected chi connectivity index (χ3v) is 2.62. The number of carboxylic acids is 1. The van der Waals surface area contributed by atoms with E-state index in [-0.39, 0.29) is 31.0 Å². The van der Waals surface area contributed by atoms with Crippen molar-refractivity contribution in [3.8, 4) is 0 Å². The van der Waals surface area contributed by atoms with Crippen LogP contribution in [0, 0.1) is 0 Å². The molecule has 0 aliphatic heterocycles. The van der Waals surface area contributed by atoms with E-state index in [1.165, 1.54) is 10.9 Å². The lowest BCUT2D eigenvalue weighted by Crippen LogP contribution is -2.43. The maximum Gasteiger partial charge on any atom is 0.309 e. The number of carboxylic acid groups (broad SMARTS) is 1. The maximum atomic E-state index is 12.1. The number of hydrogen-bond donors (Lipinski definition) is 1. The summed E-state index contributed by atoms with van der Waals surface area (Å²) in [6.07, 6.45) is 1.30. The molecule has 0 saturated heterocycles. The summed E-state index contributed by atoms with van der Waals surface area (Å²) in [5.41, 5.74) is 0.348. The van der Waals surface area contributed by atoms with Gasteiger partial charge in [-0.1, -0.05) is 5.21 Å². The normalized spacial score (nSPS) is 11.1. The third kappa shape index (κ3) is 4.35. The summed E-state index contributed by atoms with van der Waals surface area (Å²) in [6.45, 7) is 7.89. The molecule has 0 radical (unpaired) electrons. The minimum atomic E-state index is -0.968. The number of aromatic nitrogens is 3. The molecule has 0 fully saturated rings. The summed E-state index contributed by atoms with van der Waals surface area (Å²) >= 11 is 0. The van der Waals surface area contributed by atoms with Crippen LogP contribution >= 0.6 is 0 Å². The summed E-state index contributed by atoms with van der Waals surface area (Å²) in [5.74, 6) is -1.03. The molecule has 1 heterocycles. The van der Waals surface area contributed by atoms with E-state index >= 15 is 0 Å². The van der Waals surface area contributed by atoms with Crippen molar-refractivity contribution in [3.05, 3.63) is 11.9 Å². The molecule has 1 rings (SSSR count). The molecule has 1 amide bonds. The van der Waals surface area contributed by atoms with Gasteiger partial charge in [0.15, 0.2) is 0 Å². The van der Waals surface area contributed by atoms with Crippen LogP contribution in [0.3, 0.4) is 0 Å². The highest BCUT2D eigenvalue weighted by molar-refractivity contribution is 5.76. The van der Waals surface area contributed by atoms with Gasteiger partial charge in [0, 0.05) is 18.3 Å². The fraction of sp³-hybridized carbons (Fsp3) is 0.667. The van der Waals surface area contributed by atoms with E-state index in [9.17, 15) is 9.59 Å². The minimum Gasteiger partial charge on any atom is -0.481 e. The predicted molar refractivity (Wildman–Crippen MR) is 68.5 cm³/mol. The second-order valence-corrected chi connectivity index (χ2v) is 4.97. The first-order valence-corrected chi connectivity index (χ1v) is 6.23. The first-order chi connectivity index (χ1) is 8.81. The Morgan fingerprint density at radius 1 is 1.32 bits per heavy atom. The van der Waals surface area contributed by atoms with Crippen LogP contribution in [0.5, 0.6) is 0 Å². The Hall–Kier alpha value is -1.92. The average molecular weight is 268 g/mol. The van der Waals surface area contributed by atoms with Gasteiger partial charge >= 0.3 is 5.97 Å². The van der Waals surface area contributed by atoms with Crippen molar-refractivity contribution >= 4 is 11.9 Å². The summed E-state index contributed by atoms with van der Waals surface area (Å²) in [7, 11) is 0. The van der Waals surface area contributed by atoms with E-state index in [1.54, 1.807) is 4.90 Å². The zero-order valence-corrected chi connectivity index (χ0v) is 11.7. The standard InChI is InChI=1S/C12H20N4O3/c1-8(2)16(9(3)4)11(17)7-15-6-10(13-14-15)5-12(18)19/h6,8-9H,5,7H2,1-4H3,(H,18,19). The van der Waals surface area contributed by atoms with E-state index in [1.807, 2.05) is 27.7 Å². The molecule has 7 nitrogen and oxygen atoms in total. The second-order valence-electron chi connectivity index (χ2n) is 4.97. The van der Waals surface area contributed by atoms with Gasteiger partial charge in [0.2, 0.25) is 5.91 Å². The van der Waals surface area contributed by atoms with Gasteiger partial charge in [-0.3, -0.25) is 9.59 Å². The molecule has 1 N–H and O–H groups in total. The average Bonchev–Trinajstić information content (AvgIpc) is 2.62. The van der Waals surface area contributed by atoms with Crippen molar-refractivity contribution in [1.29, 1.82) is 0 Å². The first-order valence-electron chi connectivity index (χ1n) is 6.23. The number of carbonyl (C=O) groups excluding carboxylic acids is 1. The molecular weight excluding hydrogens is 248 g/mol. The Morgan fingerprint density at radius 3 is 2.37 bits per heavy atom. The monoisotopic (exact) mass is 268 g/mol. The smallest absolute Gasteiger partial charge is 0.309 e. The molecule has 106 valence electrons. The van der Waals surface area contributed by atoms with Gasteiger partial charge in [-0.2, -0.15) is 0 Å². The molecule has 0 bridgehead atoms. The Balaban J connectivity index is 2.70. The van der Waals surface area contributed by atoms with Gasteiger partial charge in [0.25, 0.3) is 0 Å². The van der Waals surface area contributed by atoms with E-state index in [4.69, 9.17) is 5.11 Å². The lowest BCUT2D eigenvalue weighted by molar-refractivity contribution is -0.136. The van der Waals surface area contributed by atoms with Gasteiger partial charge in [-0.15, -0.1) is 5.10 Å². The molecular formula is C12H20N4O3. The predicted octanol–water partition coefficient (Wildman–Crippen LogP) is 0.551. The highest BCUT2D eigenvalue weighted by atomic mass is 16.4. The Kier molecular flexibility index (Phi) is 5.02. The Labute approximate surface area is 112 Å². The number of hydrogen-bond acceptors (Lipinski definition) is 4. The fourth-order valence-electron chi connectivity index (χ4n) is 2.04. The van der Waals surface area contributed by atoms with Crippen molar-refractivity contribution in [2.45, 2.75) is 52.7 Å². The van der Waals surface area contributed by atoms with Crippen molar-refractivity contribution in [3.63, 3.8) is 0 Å². The Bertz CT molecular complexity index is 446. The summed E-state index contributed by atoms with van der Waals surface area (Å²) in [6, 6.07) is 0.212. The summed E-state index contributed by atoms with van der Waals surface area (Å²) < 4.78 is 1.37. The van der Waals surface area contributed by atoms with Crippen LogP contribution in [-0.2, 0) is 22.6 Å². The molecule has 0 aliphatic carbocycles. The van der Waals surface area contributed by atoms with Gasteiger partial charge < -0.3 is 10.0 Å². The van der Waals surface area contributed by atoms with E-state index in [0.29, 0.717) is 5.69 Å². The molecule has 1 aromatic heterocycles. The van der Waals surface area contributed by atoms with Crippen molar-refractivity contribution in [2.24, 2.45) is 0 Å². The van der Waals surface area contributed by atoms with Crippen LogP contribution in [0.25, 0.3) is 0 Å². The minimum absolute atomic E-state index is 0.0585. The molecule has 0 aromatic carbocycles. The van der Waals surface area contributed by atoms with Crippen molar-refractivity contribution < 1.29 is 14.7 Å². The number of rotatable bonds is 6.